The zero-order valence-electron chi connectivity index (χ0n) is 10.7. The van der Waals surface area contributed by atoms with E-state index in [1.54, 1.807) is 0 Å². The molecular weight excluding hydrogens is 242 g/mol. The maximum atomic E-state index is 11.2. The van der Waals surface area contributed by atoms with Gasteiger partial charge in [-0.25, -0.2) is 4.79 Å². The SMILES string of the molecule is CCCCC(=O)OCCOC(=O)N(C)CC(=O)O. The first-order valence-electron chi connectivity index (χ1n) is 5.72. The Kier molecular flexibility index (Phi) is 8.34. The van der Waals surface area contributed by atoms with Crippen molar-refractivity contribution in [3.05, 3.63) is 0 Å². The molecule has 0 aliphatic heterocycles. The molecule has 0 unspecified atom stereocenters. The Morgan fingerprint density at radius 2 is 1.78 bits per heavy atom. The number of ether oxygens (including phenoxy) is 2. The van der Waals surface area contributed by atoms with Gasteiger partial charge < -0.3 is 19.5 Å². The van der Waals surface area contributed by atoms with E-state index in [2.05, 4.69) is 0 Å². The van der Waals surface area contributed by atoms with E-state index in [9.17, 15) is 14.4 Å². The number of carbonyl (C=O) groups is 3. The maximum Gasteiger partial charge on any atom is 0.410 e. The number of hydrogen-bond donors (Lipinski definition) is 1. The van der Waals surface area contributed by atoms with Gasteiger partial charge in [-0.05, 0) is 6.42 Å². The van der Waals surface area contributed by atoms with Crippen LogP contribution in [0.2, 0.25) is 0 Å². The molecule has 0 rings (SSSR count). The zero-order chi connectivity index (χ0) is 14.0. The van der Waals surface area contributed by atoms with Gasteiger partial charge in [-0.15, -0.1) is 0 Å². The average Bonchev–Trinajstić information content (AvgIpc) is 2.30. The number of likely N-dealkylation sites (N-methyl/N-ethyl adjacent to an activating group) is 1. The fourth-order valence-electron chi connectivity index (χ4n) is 1.06. The molecule has 7 nitrogen and oxygen atoms in total. The highest BCUT2D eigenvalue weighted by Crippen LogP contribution is 1.96. The number of carboxylic acid groups (broad SMARTS) is 1. The third-order valence-corrected chi connectivity index (χ3v) is 1.99. The molecule has 0 fully saturated rings. The van der Waals surface area contributed by atoms with E-state index in [1.165, 1.54) is 7.05 Å². The molecule has 0 saturated heterocycles. The fourth-order valence-corrected chi connectivity index (χ4v) is 1.06. The Balaban J connectivity index is 3.62. The van der Waals surface area contributed by atoms with Crippen molar-refractivity contribution in [3.8, 4) is 0 Å². The van der Waals surface area contributed by atoms with E-state index in [-0.39, 0.29) is 19.2 Å². The van der Waals surface area contributed by atoms with Crippen molar-refractivity contribution in [2.24, 2.45) is 0 Å². The Hall–Kier alpha value is -1.79. The number of amides is 1. The second-order valence-electron chi connectivity index (χ2n) is 3.69. The van der Waals surface area contributed by atoms with Crippen molar-refractivity contribution in [3.63, 3.8) is 0 Å². The molecule has 1 amide bonds. The van der Waals surface area contributed by atoms with Crippen molar-refractivity contribution < 1.29 is 29.0 Å². The van der Waals surface area contributed by atoms with Gasteiger partial charge in [0.2, 0.25) is 0 Å². The third-order valence-electron chi connectivity index (χ3n) is 1.99. The molecule has 0 heterocycles. The van der Waals surface area contributed by atoms with Crippen LogP contribution in [0.3, 0.4) is 0 Å². The van der Waals surface area contributed by atoms with Gasteiger partial charge in [0, 0.05) is 13.5 Å². The van der Waals surface area contributed by atoms with Crippen molar-refractivity contribution in [1.29, 1.82) is 0 Å². The molecule has 0 saturated carbocycles. The van der Waals surface area contributed by atoms with Crippen LogP contribution in [0, 0.1) is 0 Å². The summed E-state index contributed by atoms with van der Waals surface area (Å²) >= 11 is 0. The molecule has 18 heavy (non-hydrogen) atoms. The summed E-state index contributed by atoms with van der Waals surface area (Å²) in [7, 11) is 1.31. The molecule has 0 radical (unpaired) electrons. The van der Waals surface area contributed by atoms with Crippen LogP contribution in [0.25, 0.3) is 0 Å². The second kappa shape index (κ2) is 9.26. The van der Waals surface area contributed by atoms with Gasteiger partial charge in [-0.2, -0.15) is 0 Å². The van der Waals surface area contributed by atoms with Crippen LogP contribution >= 0.6 is 0 Å². The lowest BCUT2D eigenvalue weighted by Crippen LogP contribution is -2.33. The molecule has 0 aromatic carbocycles. The monoisotopic (exact) mass is 261 g/mol. The largest absolute Gasteiger partial charge is 0.480 e. The summed E-state index contributed by atoms with van der Waals surface area (Å²) in [5.41, 5.74) is 0. The highest BCUT2D eigenvalue weighted by molar-refractivity contribution is 5.76. The van der Waals surface area contributed by atoms with Gasteiger partial charge in [0.1, 0.15) is 19.8 Å². The lowest BCUT2D eigenvalue weighted by atomic mass is 10.2. The van der Waals surface area contributed by atoms with Crippen molar-refractivity contribution >= 4 is 18.0 Å². The summed E-state index contributed by atoms with van der Waals surface area (Å²) in [6, 6.07) is 0. The highest BCUT2D eigenvalue weighted by atomic mass is 16.6. The molecule has 0 atom stereocenters. The highest BCUT2D eigenvalue weighted by Gasteiger charge is 2.13. The molecule has 0 spiro atoms. The number of hydrogen-bond acceptors (Lipinski definition) is 5. The maximum absolute atomic E-state index is 11.2. The molecule has 7 heteroatoms. The van der Waals surface area contributed by atoms with Crippen LogP contribution in [0.1, 0.15) is 26.2 Å². The van der Waals surface area contributed by atoms with E-state index < -0.39 is 18.6 Å². The second-order valence-corrected chi connectivity index (χ2v) is 3.69. The number of carboxylic acids is 1. The van der Waals surface area contributed by atoms with E-state index in [4.69, 9.17) is 14.6 Å². The predicted molar refractivity (Wildman–Crippen MR) is 62.1 cm³/mol. The number of unbranched alkanes of at least 4 members (excludes halogenated alkanes) is 1. The molecule has 0 aromatic heterocycles. The molecular formula is C11H19NO6. The summed E-state index contributed by atoms with van der Waals surface area (Å²) in [5, 5.41) is 8.44. The topological polar surface area (TPSA) is 93.1 Å². The minimum absolute atomic E-state index is 0.0187. The summed E-state index contributed by atoms with van der Waals surface area (Å²) in [5.74, 6) is -1.45. The van der Waals surface area contributed by atoms with Gasteiger partial charge in [0.25, 0.3) is 0 Å². The third kappa shape index (κ3) is 8.37. The Bertz CT molecular complexity index is 291. The normalized spacial score (nSPS) is 9.67. The number of esters is 1. The first-order chi connectivity index (χ1) is 8.47. The number of aliphatic carboxylic acids is 1. The molecule has 0 aromatic rings. The number of carbonyl (C=O) groups excluding carboxylic acids is 2. The van der Waals surface area contributed by atoms with Crippen LogP contribution in [-0.2, 0) is 19.1 Å². The van der Waals surface area contributed by atoms with E-state index in [0.29, 0.717) is 6.42 Å². The van der Waals surface area contributed by atoms with Crippen molar-refractivity contribution in [2.45, 2.75) is 26.2 Å². The van der Waals surface area contributed by atoms with Crippen LogP contribution in [0.5, 0.6) is 0 Å². The minimum atomic E-state index is -1.12. The Morgan fingerprint density at radius 3 is 2.33 bits per heavy atom. The lowest BCUT2D eigenvalue weighted by Gasteiger charge is -2.14. The first-order valence-corrected chi connectivity index (χ1v) is 5.72. The van der Waals surface area contributed by atoms with E-state index >= 15 is 0 Å². The minimum Gasteiger partial charge on any atom is -0.480 e. The molecule has 104 valence electrons. The zero-order valence-corrected chi connectivity index (χ0v) is 10.7. The van der Waals surface area contributed by atoms with Crippen LogP contribution < -0.4 is 0 Å². The quantitative estimate of drug-likeness (QED) is 0.515. The van der Waals surface area contributed by atoms with Crippen molar-refractivity contribution in [1.82, 2.24) is 4.90 Å². The van der Waals surface area contributed by atoms with Crippen molar-refractivity contribution in [2.75, 3.05) is 26.8 Å². The number of nitrogens with zero attached hydrogens (tertiary/aromatic N) is 1. The fraction of sp³-hybridized carbons (Fsp3) is 0.727. The molecule has 0 aliphatic rings. The van der Waals surface area contributed by atoms with Crippen LogP contribution in [-0.4, -0.2) is 54.8 Å². The van der Waals surface area contributed by atoms with Gasteiger partial charge >= 0.3 is 18.0 Å². The van der Waals surface area contributed by atoms with Crippen LogP contribution in [0.4, 0.5) is 4.79 Å². The Labute approximate surface area is 106 Å². The smallest absolute Gasteiger partial charge is 0.410 e. The van der Waals surface area contributed by atoms with E-state index in [1.807, 2.05) is 6.92 Å². The average molecular weight is 261 g/mol. The van der Waals surface area contributed by atoms with Crippen LogP contribution in [0.15, 0.2) is 0 Å². The molecule has 0 aliphatic carbocycles. The standard InChI is InChI=1S/C11H19NO6/c1-3-4-5-10(15)17-6-7-18-11(16)12(2)8-9(13)14/h3-8H2,1-2H3,(H,13,14). The van der Waals surface area contributed by atoms with E-state index in [0.717, 1.165) is 17.7 Å². The van der Waals surface area contributed by atoms with Gasteiger partial charge in [-0.3, -0.25) is 9.59 Å². The summed E-state index contributed by atoms with van der Waals surface area (Å²) < 4.78 is 9.51. The van der Waals surface area contributed by atoms with Gasteiger partial charge in [0.15, 0.2) is 0 Å². The molecule has 0 bridgehead atoms. The summed E-state index contributed by atoms with van der Waals surface area (Å²) in [6.45, 7) is 1.43. The van der Waals surface area contributed by atoms with Gasteiger partial charge in [0.05, 0.1) is 0 Å². The predicted octanol–water partition coefficient (Wildman–Crippen LogP) is 0.873. The van der Waals surface area contributed by atoms with Gasteiger partial charge in [-0.1, -0.05) is 13.3 Å². The summed E-state index contributed by atoms with van der Waals surface area (Å²) in [6.07, 6.45) is 1.26. The summed E-state index contributed by atoms with van der Waals surface area (Å²) in [4.78, 5) is 33.5. The molecule has 1 N–H and O–H groups in total. The lowest BCUT2D eigenvalue weighted by molar-refractivity contribution is -0.144. The number of rotatable bonds is 8. The first kappa shape index (κ1) is 16.2. The Morgan fingerprint density at radius 1 is 1.17 bits per heavy atom.